The Morgan fingerprint density at radius 3 is 1.88 bits per heavy atom. The van der Waals surface area contributed by atoms with E-state index in [-0.39, 0.29) is 64.1 Å². The van der Waals surface area contributed by atoms with Gasteiger partial charge in [-0.1, -0.05) is 55.2 Å². The number of carboxylic acid groups (broad SMARTS) is 1. The van der Waals surface area contributed by atoms with Crippen LogP contribution in [0.5, 0.6) is 46.0 Å². The number of nitrogens with two attached hydrogens (primary N) is 2. The van der Waals surface area contributed by atoms with Crippen molar-refractivity contribution < 1.29 is 123 Å². The summed E-state index contributed by atoms with van der Waals surface area (Å²) >= 11 is 14.1. The Labute approximate surface area is 601 Å². The maximum absolute atomic E-state index is 16.0. The number of carbonyl (C=O) groups excluding carboxylic acids is 7. The second-order valence-corrected chi connectivity index (χ2v) is 26.5. The van der Waals surface area contributed by atoms with Crippen LogP contribution in [-0.4, -0.2) is 196 Å². The van der Waals surface area contributed by atoms with Crippen molar-refractivity contribution in [3.8, 4) is 57.1 Å². The number of phenolic OH excluding ortho intramolecular Hbond substituents is 3. The zero-order valence-electron chi connectivity index (χ0n) is 55.2. The van der Waals surface area contributed by atoms with Crippen LogP contribution in [0.2, 0.25) is 10.0 Å². The number of carbonyl (C=O) groups is 8. The second kappa shape index (κ2) is 32.4. The van der Waals surface area contributed by atoms with Crippen molar-refractivity contribution in [1.82, 2.24) is 37.2 Å². The van der Waals surface area contributed by atoms with Gasteiger partial charge in [-0.25, -0.2) is 4.79 Å². The molecule has 103 heavy (non-hydrogen) atoms. The van der Waals surface area contributed by atoms with Gasteiger partial charge >= 0.3 is 5.97 Å². The van der Waals surface area contributed by atoms with E-state index in [4.69, 9.17) is 63.1 Å². The van der Waals surface area contributed by atoms with E-state index in [0.29, 0.717) is 0 Å². The smallest absolute Gasteiger partial charge is 0.330 e. The van der Waals surface area contributed by atoms with Gasteiger partial charge in [0.15, 0.2) is 29.9 Å². The topological polar surface area (TPSA) is 562 Å². The number of primary amides is 1. The average Bonchev–Trinajstić information content (AvgIpc) is 0.773. The monoisotopic (exact) mass is 1500 g/mol. The van der Waals surface area contributed by atoms with Gasteiger partial charge in [-0.3, -0.25) is 33.6 Å². The third kappa shape index (κ3) is 17.0. The van der Waals surface area contributed by atoms with E-state index in [9.17, 15) is 75.0 Å². The van der Waals surface area contributed by atoms with Crippen LogP contribution in [0.3, 0.4) is 0 Å². The van der Waals surface area contributed by atoms with Crippen molar-refractivity contribution in [1.29, 1.82) is 0 Å². The number of ether oxygens (including phenoxy) is 6. The van der Waals surface area contributed by atoms with Crippen LogP contribution < -0.4 is 62.9 Å². The fourth-order valence-electron chi connectivity index (χ4n) is 12.5. The summed E-state index contributed by atoms with van der Waals surface area (Å²) in [6.07, 6.45) is -18.6. The minimum absolute atomic E-state index is 0. The molecule has 0 radical (unpaired) electrons. The highest BCUT2D eigenvalue weighted by Gasteiger charge is 2.51. The Balaban J connectivity index is 0.00000672. The minimum Gasteiger partial charge on any atom is -0.508 e. The summed E-state index contributed by atoms with van der Waals surface area (Å²) in [6, 6.07) is -0.679. The number of aromatic hydroxyl groups is 3. The van der Waals surface area contributed by atoms with Crippen molar-refractivity contribution in [2.75, 3.05) is 13.7 Å². The summed E-state index contributed by atoms with van der Waals surface area (Å²) in [4.78, 5) is 117. The first-order chi connectivity index (χ1) is 47.7. The maximum Gasteiger partial charge on any atom is 0.330 e. The Hall–Kier alpha value is -8.95. The quantitative estimate of drug-likeness (QED) is 0.0720. The first-order valence-electron chi connectivity index (χ1n) is 31.6. The van der Waals surface area contributed by atoms with E-state index in [1.165, 1.54) is 33.0 Å². The number of fused-ring (bicyclic) bond motifs is 15. The van der Waals surface area contributed by atoms with Gasteiger partial charge in [-0.05, 0) is 110 Å². The number of carboxylic acids is 1. The normalized spacial score (nSPS) is 28.9. The molecular weight excluding hydrogens is 1430 g/mol. The number of aliphatic carboxylic acids is 1. The van der Waals surface area contributed by atoms with Crippen LogP contribution in [0.1, 0.15) is 105 Å². The standard InChI is InChI=1S/C66H75Cl2N9O24.ClH.H2O/c1-23(2)12-34(71-5)58(88)76-49-51(83)26-7-10-38(32(67)14-26)97-40-16-28-17-41(55(40)101-65-56(54(86)53(85)42(22-78)99-65)100-44-21-66(4,70)57(87)24(3)96-44)98-39-11-8-27(15-33(39)68)52(84)50-63(93)75-48(64(94)95)31-18-29(79)19-37(81)45(31)30-13-25(6-9-36(30)80)46(60(90)77-50)74-61(91)47(28)73-59(89)35(20-43(69)82)72-62(49)92;;/h6-11,13-19,23-24,34-35,42,44,46-54,56-57,65,71,78-81,83-87H,12,20-22,70H2,1-5H3,(H2,69,82)(H,72,92)(H,73,89)(H,74,91)(H,75,93)(H,76,88)(H,77,90)(H,94,95);1H;1H2/t24-,34+,35-,42+,44-,46+,47+,48-,49+,50-,51+,52+,53+,54-,56+,57+,65-,66-;;/m0../s1. The van der Waals surface area contributed by atoms with Crippen molar-refractivity contribution in [2.45, 2.75) is 156 Å². The number of phenols is 3. The van der Waals surface area contributed by atoms with E-state index >= 15 is 14.4 Å². The molecule has 558 valence electrons. The molecule has 0 aromatic heterocycles. The van der Waals surface area contributed by atoms with E-state index in [0.717, 1.165) is 66.7 Å². The molecule has 11 bridgehead atoms. The summed E-state index contributed by atoms with van der Waals surface area (Å²) in [5, 5.41) is 131. The molecule has 37 heteroatoms. The maximum atomic E-state index is 16.0. The largest absolute Gasteiger partial charge is 0.508 e. The average molecular weight is 1500 g/mol. The van der Waals surface area contributed by atoms with Crippen LogP contribution in [-0.2, 0) is 52.6 Å². The third-order valence-electron chi connectivity index (χ3n) is 17.8. The van der Waals surface area contributed by atoms with Crippen LogP contribution in [0, 0.1) is 5.92 Å². The molecular formula is C66H78Cl3N9O25. The molecule has 7 amide bonds. The molecule has 5 aromatic rings. The van der Waals surface area contributed by atoms with E-state index in [1.807, 2.05) is 13.8 Å². The molecule has 12 rings (SSSR count). The lowest BCUT2D eigenvalue weighted by Gasteiger charge is -2.47. The Morgan fingerprint density at radius 1 is 0.718 bits per heavy atom. The summed E-state index contributed by atoms with van der Waals surface area (Å²) in [5.74, 6) is -16.0. The van der Waals surface area contributed by atoms with E-state index in [1.54, 1.807) is 0 Å². The molecule has 2 fully saturated rings. The molecule has 0 aliphatic carbocycles. The summed E-state index contributed by atoms with van der Waals surface area (Å²) < 4.78 is 38.3. The Bertz CT molecular complexity index is 4080. The van der Waals surface area contributed by atoms with Gasteiger partial charge in [0.1, 0.15) is 89.5 Å². The van der Waals surface area contributed by atoms with Crippen molar-refractivity contribution >= 4 is 82.9 Å². The van der Waals surface area contributed by atoms with E-state index in [2.05, 4.69) is 37.2 Å². The number of likely N-dealkylation sites (N-methyl/N-ethyl adjacent to an activating group) is 1. The van der Waals surface area contributed by atoms with Gasteiger partial charge < -0.3 is 134 Å². The first kappa shape index (κ1) is 79.7. The lowest BCUT2D eigenvalue weighted by atomic mass is 9.86. The molecule has 18 atom stereocenters. The van der Waals surface area contributed by atoms with Gasteiger partial charge in [0.2, 0.25) is 53.4 Å². The summed E-state index contributed by atoms with van der Waals surface area (Å²) in [6.45, 7) is 5.66. The predicted molar refractivity (Wildman–Crippen MR) is 360 cm³/mol. The number of amides is 7. The van der Waals surface area contributed by atoms with Crippen molar-refractivity contribution in [3.63, 3.8) is 0 Å². The minimum atomic E-state index is -2.35. The van der Waals surface area contributed by atoms with Crippen molar-refractivity contribution in [2.24, 2.45) is 17.4 Å². The van der Waals surface area contributed by atoms with Gasteiger partial charge in [0, 0.05) is 34.7 Å². The van der Waals surface area contributed by atoms with Gasteiger partial charge in [0.25, 0.3) is 0 Å². The number of rotatable bonds is 13. The number of halogens is 3. The van der Waals surface area contributed by atoms with Crippen LogP contribution >= 0.6 is 35.6 Å². The van der Waals surface area contributed by atoms with E-state index < -0.39 is 237 Å². The second-order valence-electron chi connectivity index (χ2n) is 25.7. The molecule has 5 aromatic carbocycles. The molecule has 7 aliphatic heterocycles. The zero-order valence-corrected chi connectivity index (χ0v) is 57.6. The summed E-state index contributed by atoms with van der Waals surface area (Å²) in [5.41, 5.74) is 8.00. The van der Waals surface area contributed by atoms with Gasteiger partial charge in [-0.2, -0.15) is 0 Å². The van der Waals surface area contributed by atoms with Gasteiger partial charge in [0.05, 0.1) is 41.3 Å². The number of benzene rings is 5. The molecule has 34 nitrogen and oxygen atoms in total. The fourth-order valence-corrected chi connectivity index (χ4v) is 12.9. The highest BCUT2D eigenvalue weighted by Crippen LogP contribution is 2.50. The number of aliphatic hydroxyl groups excluding tert-OH is 6. The molecule has 0 saturated carbocycles. The lowest BCUT2D eigenvalue weighted by Crippen LogP contribution is -2.64. The van der Waals surface area contributed by atoms with Crippen LogP contribution in [0.15, 0.2) is 78.9 Å². The third-order valence-corrected chi connectivity index (χ3v) is 18.4. The molecule has 0 spiro atoms. The highest BCUT2D eigenvalue weighted by molar-refractivity contribution is 6.32. The number of aliphatic hydroxyl groups is 6. The molecule has 2 saturated heterocycles. The highest BCUT2D eigenvalue weighted by atomic mass is 35.5. The number of hydrogen-bond donors (Lipinski definition) is 19. The molecule has 23 N–H and O–H groups in total. The lowest BCUT2D eigenvalue weighted by molar-refractivity contribution is -0.333. The number of hydrogen-bond acceptors (Lipinski definition) is 25. The molecule has 7 heterocycles. The predicted octanol–water partition coefficient (Wildman–Crippen LogP) is -0.297. The molecule has 0 unspecified atom stereocenters. The number of nitrogens with one attached hydrogen (secondary N) is 7. The zero-order chi connectivity index (χ0) is 73.5. The fraction of sp³-hybridized carbons (Fsp3) is 0.424. The SMILES string of the molecule is CN[C@H](CC(C)C)C(=O)N[C@H]1C(=O)N[C@@H](CC(N)=O)C(=O)N[C@H]2C(=O)N[C@H]3C(=O)N[C@H](C(=O)N[C@H](C(=O)O)c4cc(O)cc(O)c4-c4cc3ccc4O)[C@H](O)c3ccc(c(Cl)c3)Oc3cc2cc(c3O[C@@H]2O[C@H](CO)[C@@H](O)[C@H](O)[C@H]2O[C@H]2C[C@](C)(N)[C@H](O)[C@H](C)O2)Oc2ccc(cc2Cl)[C@H]1O.Cl.O. The van der Waals surface area contributed by atoms with Crippen molar-refractivity contribution in [3.05, 3.63) is 117 Å². The Morgan fingerprint density at radius 2 is 1.31 bits per heavy atom. The van der Waals surface area contributed by atoms with Crippen LogP contribution in [0.25, 0.3) is 11.1 Å². The van der Waals surface area contributed by atoms with Crippen LogP contribution in [0.4, 0.5) is 0 Å². The first-order valence-corrected chi connectivity index (χ1v) is 32.4. The van der Waals surface area contributed by atoms with Gasteiger partial charge in [-0.15, -0.1) is 12.4 Å². The Kier molecular flexibility index (Phi) is 25.1. The molecule has 7 aliphatic rings. The summed E-state index contributed by atoms with van der Waals surface area (Å²) in [7, 11) is 1.47.